The van der Waals surface area contributed by atoms with Crippen LogP contribution >= 0.6 is 0 Å². The number of benzene rings is 1. The summed E-state index contributed by atoms with van der Waals surface area (Å²) in [4.78, 5) is 5.17. The van der Waals surface area contributed by atoms with Crippen LogP contribution in [0.25, 0.3) is 0 Å². The lowest BCUT2D eigenvalue weighted by atomic mass is 10.2. The number of rotatable bonds is 6. The summed E-state index contributed by atoms with van der Waals surface area (Å²) in [6, 6.07) is 5.53. The van der Waals surface area contributed by atoms with Crippen LogP contribution in [0.4, 0.5) is 0 Å². The highest BCUT2D eigenvalue weighted by Crippen LogP contribution is 2.27. The first-order valence-electron chi connectivity index (χ1n) is 5.64. The quantitative estimate of drug-likeness (QED) is 0.585. The summed E-state index contributed by atoms with van der Waals surface area (Å²) in [5.41, 5.74) is 0.873. The van der Waals surface area contributed by atoms with Gasteiger partial charge in [-0.05, 0) is 23.8 Å². The minimum atomic E-state index is 0.433. The van der Waals surface area contributed by atoms with Crippen LogP contribution in [0.15, 0.2) is 48.6 Å². The number of nitrogens with zero attached hydrogens (tertiary/aromatic N) is 4. The molecule has 2 rings (SSSR count). The predicted octanol–water partition coefficient (Wildman–Crippen LogP) is 1.73. The third-order valence-corrected chi connectivity index (χ3v) is 2.28. The maximum absolute atomic E-state index is 5.47. The molecule has 0 bridgehead atoms. The fourth-order valence-corrected chi connectivity index (χ4v) is 1.42. The molecule has 0 amide bonds. The Balaban J connectivity index is 2.16. The Morgan fingerprint density at radius 3 is 3.00 bits per heavy atom. The smallest absolute Gasteiger partial charge is 0.161 e. The van der Waals surface area contributed by atoms with Gasteiger partial charge in [-0.1, -0.05) is 12.7 Å². The first-order chi connectivity index (χ1) is 9.33. The van der Waals surface area contributed by atoms with E-state index in [0.717, 1.165) is 5.56 Å². The van der Waals surface area contributed by atoms with Crippen LogP contribution in [-0.2, 0) is 0 Å². The lowest BCUT2D eigenvalue weighted by Crippen LogP contribution is -1.97. The second-order valence-electron chi connectivity index (χ2n) is 3.57. The van der Waals surface area contributed by atoms with Gasteiger partial charge in [-0.3, -0.25) is 0 Å². The Kier molecular flexibility index (Phi) is 4.28. The molecule has 0 spiro atoms. The van der Waals surface area contributed by atoms with E-state index in [0.29, 0.717) is 18.1 Å². The average Bonchev–Trinajstić information content (AvgIpc) is 2.96. The molecule has 0 aliphatic carbocycles. The Morgan fingerprint density at radius 2 is 2.32 bits per heavy atom. The van der Waals surface area contributed by atoms with Gasteiger partial charge in [0.2, 0.25) is 0 Å². The van der Waals surface area contributed by atoms with E-state index >= 15 is 0 Å². The molecule has 0 atom stereocenters. The number of hydrogen-bond acceptors (Lipinski definition) is 5. The van der Waals surface area contributed by atoms with Gasteiger partial charge in [0.25, 0.3) is 0 Å². The van der Waals surface area contributed by atoms with Crippen LogP contribution in [0, 0.1) is 0 Å². The summed E-state index contributed by atoms with van der Waals surface area (Å²) >= 11 is 0. The van der Waals surface area contributed by atoms with Gasteiger partial charge in [-0.25, -0.2) is 4.98 Å². The van der Waals surface area contributed by atoms with Gasteiger partial charge < -0.3 is 9.47 Å². The molecule has 1 aromatic heterocycles. The van der Waals surface area contributed by atoms with E-state index in [1.165, 1.54) is 17.4 Å². The van der Waals surface area contributed by atoms with Crippen molar-refractivity contribution in [1.82, 2.24) is 14.9 Å². The summed E-state index contributed by atoms with van der Waals surface area (Å²) in [5.74, 6) is 1.31. The van der Waals surface area contributed by atoms with Gasteiger partial charge in [0.15, 0.2) is 11.5 Å². The molecule has 1 heterocycles. The Labute approximate surface area is 111 Å². The summed E-state index contributed by atoms with van der Waals surface area (Å²) in [7, 11) is 1.59. The van der Waals surface area contributed by atoms with Crippen molar-refractivity contribution in [3.8, 4) is 11.5 Å². The first kappa shape index (κ1) is 12.8. The van der Waals surface area contributed by atoms with Gasteiger partial charge >= 0.3 is 0 Å². The third kappa shape index (κ3) is 3.41. The lowest BCUT2D eigenvalue weighted by Gasteiger charge is -2.09. The van der Waals surface area contributed by atoms with E-state index in [1.54, 1.807) is 19.4 Å². The van der Waals surface area contributed by atoms with Crippen LogP contribution in [-0.4, -0.2) is 34.8 Å². The summed E-state index contributed by atoms with van der Waals surface area (Å²) < 4.78 is 10.7. The highest BCUT2D eigenvalue weighted by atomic mass is 16.5. The summed E-state index contributed by atoms with van der Waals surface area (Å²) in [5, 5.41) is 7.98. The highest BCUT2D eigenvalue weighted by molar-refractivity contribution is 5.80. The Bertz CT molecular complexity index is 564. The van der Waals surface area contributed by atoms with Gasteiger partial charge in [0.05, 0.1) is 13.3 Å². The van der Waals surface area contributed by atoms with Crippen molar-refractivity contribution in [3.05, 3.63) is 49.1 Å². The average molecular weight is 258 g/mol. The molecular formula is C13H14N4O2. The fraction of sp³-hybridized carbons (Fsp3) is 0.154. The minimum absolute atomic E-state index is 0.433. The Hall–Kier alpha value is -2.63. The van der Waals surface area contributed by atoms with Crippen molar-refractivity contribution in [2.24, 2.45) is 5.10 Å². The number of aromatic nitrogens is 3. The van der Waals surface area contributed by atoms with Crippen molar-refractivity contribution in [2.75, 3.05) is 13.7 Å². The Morgan fingerprint density at radius 1 is 1.42 bits per heavy atom. The molecule has 1 aromatic carbocycles. The zero-order valence-corrected chi connectivity index (χ0v) is 10.6. The summed E-state index contributed by atoms with van der Waals surface area (Å²) in [6.07, 6.45) is 6.27. The minimum Gasteiger partial charge on any atom is -0.493 e. The normalized spacial score (nSPS) is 10.6. The zero-order chi connectivity index (χ0) is 13.5. The SMILES string of the molecule is C=CCOc1ccc(/C=N/n2cncn2)cc1OC. The molecule has 2 aromatic rings. The first-order valence-corrected chi connectivity index (χ1v) is 5.64. The van der Waals surface area contributed by atoms with E-state index in [4.69, 9.17) is 9.47 Å². The topological polar surface area (TPSA) is 61.5 Å². The van der Waals surface area contributed by atoms with E-state index in [9.17, 15) is 0 Å². The van der Waals surface area contributed by atoms with E-state index in [1.807, 2.05) is 18.2 Å². The van der Waals surface area contributed by atoms with Crippen molar-refractivity contribution >= 4 is 6.21 Å². The van der Waals surface area contributed by atoms with Crippen LogP contribution in [0.2, 0.25) is 0 Å². The maximum atomic E-state index is 5.47. The van der Waals surface area contributed by atoms with Crippen LogP contribution in [0.5, 0.6) is 11.5 Å². The summed E-state index contributed by atoms with van der Waals surface area (Å²) in [6.45, 7) is 4.04. The monoisotopic (exact) mass is 258 g/mol. The highest BCUT2D eigenvalue weighted by Gasteiger charge is 2.04. The van der Waals surface area contributed by atoms with Gasteiger partial charge in [0, 0.05) is 0 Å². The van der Waals surface area contributed by atoms with Crippen molar-refractivity contribution < 1.29 is 9.47 Å². The molecule has 6 heteroatoms. The zero-order valence-electron chi connectivity index (χ0n) is 10.6. The van der Waals surface area contributed by atoms with Gasteiger partial charge in [-0.15, -0.1) is 9.89 Å². The lowest BCUT2D eigenvalue weighted by molar-refractivity contribution is 0.326. The largest absolute Gasteiger partial charge is 0.493 e. The molecule has 0 N–H and O–H groups in total. The van der Waals surface area contributed by atoms with E-state index in [2.05, 4.69) is 21.8 Å². The maximum Gasteiger partial charge on any atom is 0.161 e. The molecule has 19 heavy (non-hydrogen) atoms. The second-order valence-corrected chi connectivity index (χ2v) is 3.57. The molecule has 0 unspecified atom stereocenters. The molecule has 0 saturated carbocycles. The molecule has 0 fully saturated rings. The molecule has 6 nitrogen and oxygen atoms in total. The molecule has 0 radical (unpaired) electrons. The molecule has 0 saturated heterocycles. The molecule has 0 aliphatic rings. The number of ether oxygens (including phenoxy) is 2. The molecular weight excluding hydrogens is 244 g/mol. The fourth-order valence-electron chi connectivity index (χ4n) is 1.42. The van der Waals surface area contributed by atoms with Crippen molar-refractivity contribution in [1.29, 1.82) is 0 Å². The van der Waals surface area contributed by atoms with Gasteiger partial charge in [-0.2, -0.15) is 5.10 Å². The van der Waals surface area contributed by atoms with E-state index < -0.39 is 0 Å². The van der Waals surface area contributed by atoms with Crippen LogP contribution in [0.3, 0.4) is 0 Å². The van der Waals surface area contributed by atoms with E-state index in [-0.39, 0.29) is 0 Å². The predicted molar refractivity (Wildman–Crippen MR) is 71.7 cm³/mol. The van der Waals surface area contributed by atoms with Crippen LogP contribution < -0.4 is 9.47 Å². The number of methoxy groups -OCH3 is 1. The molecule has 0 aliphatic heterocycles. The third-order valence-electron chi connectivity index (χ3n) is 2.28. The van der Waals surface area contributed by atoms with Crippen LogP contribution in [0.1, 0.15) is 5.56 Å². The van der Waals surface area contributed by atoms with Gasteiger partial charge in [0.1, 0.15) is 19.3 Å². The second kappa shape index (κ2) is 6.34. The van der Waals surface area contributed by atoms with Crippen molar-refractivity contribution in [2.45, 2.75) is 0 Å². The molecule has 98 valence electrons. The standard InChI is InChI=1S/C13H14N4O2/c1-3-6-19-12-5-4-11(7-13(12)18-2)8-15-17-10-14-9-16-17/h3-5,7-10H,1,6H2,2H3/b15-8+. The number of hydrogen-bond donors (Lipinski definition) is 0. The van der Waals surface area contributed by atoms with Crippen molar-refractivity contribution in [3.63, 3.8) is 0 Å².